The van der Waals surface area contributed by atoms with Gasteiger partial charge >= 0.3 is 17.8 Å². The highest BCUT2D eigenvalue weighted by Gasteiger charge is 2.47. The van der Waals surface area contributed by atoms with Crippen LogP contribution in [0.1, 0.15) is 43.6 Å². The Morgan fingerprint density at radius 1 is 1.19 bits per heavy atom. The van der Waals surface area contributed by atoms with Crippen molar-refractivity contribution in [3.63, 3.8) is 0 Å². The molecule has 0 unspecified atom stereocenters. The van der Waals surface area contributed by atoms with Crippen LogP contribution in [0, 0.1) is 6.92 Å². The summed E-state index contributed by atoms with van der Waals surface area (Å²) in [6.45, 7) is 1.70. The first-order valence-corrected chi connectivity index (χ1v) is 7.19. The number of carbonyl (C=O) groups is 3. The van der Waals surface area contributed by atoms with Gasteiger partial charge in [0.15, 0.2) is 0 Å². The average molecular weight is 291 g/mol. The molecule has 112 valence electrons. The van der Waals surface area contributed by atoms with Crippen LogP contribution in [0.5, 0.6) is 0 Å². The van der Waals surface area contributed by atoms with Crippen LogP contribution >= 0.6 is 0 Å². The first-order valence-electron chi connectivity index (χ1n) is 7.19. The van der Waals surface area contributed by atoms with Gasteiger partial charge in [-0.25, -0.2) is 9.69 Å². The Morgan fingerprint density at radius 2 is 1.90 bits per heavy atom. The maximum Gasteiger partial charge on any atom is 0.334 e. The summed E-state index contributed by atoms with van der Waals surface area (Å²) in [5.74, 6) is -0.891. The Balaban J connectivity index is 1.78. The number of hydrogen-bond acceptors (Lipinski definition) is 5. The number of amides is 4. The van der Waals surface area contributed by atoms with Gasteiger partial charge in [-0.05, 0) is 19.8 Å². The topological polar surface area (TPSA) is 83.7 Å². The highest BCUT2D eigenvalue weighted by atomic mass is 16.5. The van der Waals surface area contributed by atoms with Crippen LogP contribution < -0.4 is 0 Å². The zero-order valence-electron chi connectivity index (χ0n) is 11.9. The van der Waals surface area contributed by atoms with E-state index in [0.29, 0.717) is 11.5 Å². The number of urea groups is 1. The number of aryl methyl sites for hydroxylation is 1. The predicted molar refractivity (Wildman–Crippen MR) is 70.9 cm³/mol. The standard InChI is InChI=1S/C14H17N3O4/c1-9-7-10(15-21-9)8-16-12(18)13(19)17(14(16)20)11-5-3-2-4-6-11/h7,11H,2-6,8H2,1H3. The van der Waals surface area contributed by atoms with E-state index in [1.54, 1.807) is 13.0 Å². The summed E-state index contributed by atoms with van der Waals surface area (Å²) in [6.07, 6.45) is 4.64. The van der Waals surface area contributed by atoms with Gasteiger partial charge in [-0.3, -0.25) is 14.5 Å². The minimum atomic E-state index is -0.772. The van der Waals surface area contributed by atoms with E-state index in [9.17, 15) is 14.4 Å². The molecule has 1 saturated heterocycles. The van der Waals surface area contributed by atoms with Crippen LogP contribution in [0.3, 0.4) is 0 Å². The molecule has 0 aromatic carbocycles. The van der Waals surface area contributed by atoms with E-state index in [1.165, 1.54) is 0 Å². The monoisotopic (exact) mass is 291 g/mol. The lowest BCUT2D eigenvalue weighted by Crippen LogP contribution is -2.42. The van der Waals surface area contributed by atoms with Gasteiger partial charge in [0.2, 0.25) is 0 Å². The third-order valence-corrected chi connectivity index (χ3v) is 4.02. The zero-order chi connectivity index (χ0) is 15.0. The van der Waals surface area contributed by atoms with Crippen molar-refractivity contribution in [1.82, 2.24) is 15.0 Å². The predicted octanol–water partition coefficient (Wildman–Crippen LogP) is 1.61. The normalized spacial score (nSPS) is 20.7. The number of hydrogen-bond donors (Lipinski definition) is 0. The van der Waals surface area contributed by atoms with Gasteiger partial charge in [-0.2, -0.15) is 0 Å². The Labute approximate surface area is 121 Å². The van der Waals surface area contributed by atoms with E-state index in [4.69, 9.17) is 4.52 Å². The van der Waals surface area contributed by atoms with Crippen LogP contribution in [-0.4, -0.2) is 38.8 Å². The van der Waals surface area contributed by atoms with E-state index in [-0.39, 0.29) is 12.6 Å². The zero-order valence-corrected chi connectivity index (χ0v) is 11.9. The molecule has 0 radical (unpaired) electrons. The van der Waals surface area contributed by atoms with E-state index < -0.39 is 17.8 Å². The number of nitrogens with zero attached hydrogens (tertiary/aromatic N) is 3. The summed E-state index contributed by atoms with van der Waals surface area (Å²) in [5, 5.41) is 3.76. The molecule has 7 heteroatoms. The van der Waals surface area contributed by atoms with Crippen LogP contribution in [0.2, 0.25) is 0 Å². The summed E-state index contributed by atoms with van der Waals surface area (Å²) in [6, 6.07) is 0.971. The molecule has 3 rings (SSSR count). The number of aromatic nitrogens is 1. The molecule has 0 N–H and O–H groups in total. The first kappa shape index (κ1) is 13.8. The second kappa shape index (κ2) is 5.31. The minimum absolute atomic E-state index is 0.0238. The van der Waals surface area contributed by atoms with Gasteiger partial charge in [0, 0.05) is 12.1 Å². The van der Waals surface area contributed by atoms with Crippen molar-refractivity contribution in [1.29, 1.82) is 0 Å². The lowest BCUT2D eigenvalue weighted by Gasteiger charge is -2.28. The van der Waals surface area contributed by atoms with E-state index in [0.717, 1.165) is 41.9 Å². The minimum Gasteiger partial charge on any atom is -0.361 e. The SMILES string of the molecule is Cc1cc(CN2C(=O)C(=O)N(C3CCCCC3)C2=O)no1. The second-order valence-electron chi connectivity index (χ2n) is 5.57. The molecule has 1 aliphatic heterocycles. The van der Waals surface area contributed by atoms with Crippen molar-refractivity contribution in [3.8, 4) is 0 Å². The highest BCUT2D eigenvalue weighted by Crippen LogP contribution is 2.27. The van der Waals surface area contributed by atoms with Gasteiger partial charge in [-0.1, -0.05) is 24.4 Å². The maximum absolute atomic E-state index is 12.4. The Hall–Kier alpha value is -2.18. The Bertz CT molecular complexity index is 589. The van der Waals surface area contributed by atoms with Crippen molar-refractivity contribution in [2.75, 3.05) is 0 Å². The summed E-state index contributed by atoms with van der Waals surface area (Å²) in [4.78, 5) is 38.6. The molecule has 1 saturated carbocycles. The summed E-state index contributed by atoms with van der Waals surface area (Å²) in [5.41, 5.74) is 0.465. The van der Waals surface area contributed by atoms with E-state index in [1.807, 2.05) is 0 Å². The fourth-order valence-corrected chi connectivity index (χ4v) is 2.98. The van der Waals surface area contributed by atoms with Crippen LogP contribution in [0.4, 0.5) is 4.79 Å². The molecule has 1 aromatic heterocycles. The lowest BCUT2D eigenvalue weighted by atomic mass is 9.94. The molecule has 2 aliphatic rings. The van der Waals surface area contributed by atoms with Crippen molar-refractivity contribution in [2.45, 2.75) is 51.6 Å². The molecule has 4 amide bonds. The molecule has 0 spiro atoms. The average Bonchev–Trinajstić information content (AvgIpc) is 2.98. The lowest BCUT2D eigenvalue weighted by molar-refractivity contribution is -0.144. The maximum atomic E-state index is 12.4. The summed E-state index contributed by atoms with van der Waals surface area (Å²) in [7, 11) is 0. The Morgan fingerprint density at radius 3 is 2.52 bits per heavy atom. The van der Waals surface area contributed by atoms with Crippen LogP contribution in [0.15, 0.2) is 10.6 Å². The van der Waals surface area contributed by atoms with Gasteiger partial charge in [0.05, 0.1) is 6.54 Å². The molecule has 0 bridgehead atoms. The number of rotatable bonds is 3. The van der Waals surface area contributed by atoms with Gasteiger partial charge in [0.25, 0.3) is 0 Å². The van der Waals surface area contributed by atoms with Gasteiger partial charge < -0.3 is 4.52 Å². The van der Waals surface area contributed by atoms with Gasteiger partial charge in [-0.15, -0.1) is 0 Å². The molecule has 7 nitrogen and oxygen atoms in total. The van der Waals surface area contributed by atoms with Crippen molar-refractivity contribution in [3.05, 3.63) is 17.5 Å². The van der Waals surface area contributed by atoms with E-state index >= 15 is 0 Å². The first-order chi connectivity index (χ1) is 10.1. The molecular weight excluding hydrogens is 274 g/mol. The molecule has 1 aliphatic carbocycles. The molecule has 2 fully saturated rings. The van der Waals surface area contributed by atoms with Crippen molar-refractivity contribution in [2.24, 2.45) is 0 Å². The summed E-state index contributed by atoms with van der Waals surface area (Å²) >= 11 is 0. The second-order valence-corrected chi connectivity index (χ2v) is 5.57. The fourth-order valence-electron chi connectivity index (χ4n) is 2.98. The van der Waals surface area contributed by atoms with Crippen molar-refractivity contribution >= 4 is 17.8 Å². The third-order valence-electron chi connectivity index (χ3n) is 4.02. The summed E-state index contributed by atoms with van der Waals surface area (Å²) < 4.78 is 4.92. The smallest absolute Gasteiger partial charge is 0.334 e. The molecule has 2 heterocycles. The van der Waals surface area contributed by atoms with Crippen LogP contribution in [-0.2, 0) is 16.1 Å². The number of imide groups is 2. The van der Waals surface area contributed by atoms with Crippen molar-refractivity contribution < 1.29 is 18.9 Å². The Kier molecular flexibility index (Phi) is 3.48. The number of carbonyl (C=O) groups excluding carboxylic acids is 3. The van der Waals surface area contributed by atoms with Gasteiger partial charge in [0.1, 0.15) is 11.5 Å². The largest absolute Gasteiger partial charge is 0.361 e. The molecular formula is C14H17N3O4. The fraction of sp³-hybridized carbons (Fsp3) is 0.571. The van der Waals surface area contributed by atoms with E-state index in [2.05, 4.69) is 5.16 Å². The third kappa shape index (κ3) is 2.43. The highest BCUT2D eigenvalue weighted by molar-refractivity contribution is 6.44. The molecule has 0 atom stereocenters. The molecule has 21 heavy (non-hydrogen) atoms. The molecule has 1 aromatic rings. The quantitative estimate of drug-likeness (QED) is 0.624. The van der Waals surface area contributed by atoms with Crippen LogP contribution in [0.25, 0.3) is 0 Å².